The first kappa shape index (κ1) is 18.4. The van der Waals surface area contributed by atoms with Gasteiger partial charge >= 0.3 is 0 Å². The van der Waals surface area contributed by atoms with Crippen LogP contribution >= 0.6 is 23.4 Å². The summed E-state index contributed by atoms with van der Waals surface area (Å²) in [6, 6.07) is 7.45. The molecule has 0 amide bonds. The summed E-state index contributed by atoms with van der Waals surface area (Å²) in [6.45, 7) is 0. The molecule has 0 atom stereocenters. The van der Waals surface area contributed by atoms with Crippen molar-refractivity contribution in [1.29, 1.82) is 0 Å². The SMILES string of the molecule is CSc1[nH]c(=O)c(-c2cc(Cl)ccc2F)cc1Nc1ncnc2ccncc12. The van der Waals surface area contributed by atoms with Crippen molar-refractivity contribution >= 4 is 45.8 Å². The van der Waals surface area contributed by atoms with Crippen molar-refractivity contribution in [2.45, 2.75) is 5.03 Å². The van der Waals surface area contributed by atoms with Gasteiger partial charge in [-0.3, -0.25) is 9.78 Å². The first-order chi connectivity index (χ1) is 13.6. The average molecular weight is 414 g/mol. The Morgan fingerprint density at radius 2 is 2.04 bits per heavy atom. The maximum absolute atomic E-state index is 14.3. The minimum atomic E-state index is -0.533. The van der Waals surface area contributed by atoms with E-state index < -0.39 is 11.4 Å². The molecule has 0 aliphatic carbocycles. The molecule has 0 aliphatic heterocycles. The van der Waals surface area contributed by atoms with Gasteiger partial charge in [-0.1, -0.05) is 11.6 Å². The van der Waals surface area contributed by atoms with Crippen molar-refractivity contribution in [2.24, 2.45) is 0 Å². The number of hydrogen-bond acceptors (Lipinski definition) is 6. The number of hydrogen-bond donors (Lipinski definition) is 2. The second-order valence-electron chi connectivity index (χ2n) is 5.82. The molecule has 140 valence electrons. The van der Waals surface area contributed by atoms with Gasteiger partial charge in [0.05, 0.1) is 27.2 Å². The van der Waals surface area contributed by atoms with E-state index in [4.69, 9.17) is 11.6 Å². The minimum Gasteiger partial charge on any atom is -0.337 e. The van der Waals surface area contributed by atoms with E-state index >= 15 is 0 Å². The van der Waals surface area contributed by atoms with E-state index in [0.717, 1.165) is 10.9 Å². The molecule has 0 bridgehead atoms. The lowest BCUT2D eigenvalue weighted by Gasteiger charge is -2.13. The summed E-state index contributed by atoms with van der Waals surface area (Å²) in [7, 11) is 0. The van der Waals surface area contributed by atoms with Crippen LogP contribution < -0.4 is 10.9 Å². The van der Waals surface area contributed by atoms with Crippen LogP contribution in [0.1, 0.15) is 0 Å². The Bertz CT molecular complexity index is 1240. The third kappa shape index (κ3) is 3.44. The van der Waals surface area contributed by atoms with Crippen molar-refractivity contribution < 1.29 is 4.39 Å². The average Bonchev–Trinajstić information content (AvgIpc) is 2.71. The van der Waals surface area contributed by atoms with Crippen LogP contribution in [-0.4, -0.2) is 26.2 Å². The second kappa shape index (κ2) is 7.57. The summed E-state index contributed by atoms with van der Waals surface area (Å²) in [5, 5.41) is 4.85. The molecule has 0 spiro atoms. The number of anilines is 2. The first-order valence-electron chi connectivity index (χ1n) is 8.15. The number of rotatable bonds is 4. The molecule has 3 aromatic heterocycles. The summed E-state index contributed by atoms with van der Waals surface area (Å²) >= 11 is 7.34. The van der Waals surface area contributed by atoms with Gasteiger partial charge in [-0.05, 0) is 36.6 Å². The van der Waals surface area contributed by atoms with Gasteiger partial charge < -0.3 is 10.3 Å². The van der Waals surface area contributed by atoms with E-state index in [0.29, 0.717) is 21.6 Å². The second-order valence-corrected chi connectivity index (χ2v) is 7.08. The highest BCUT2D eigenvalue weighted by molar-refractivity contribution is 7.98. The van der Waals surface area contributed by atoms with E-state index in [1.807, 2.05) is 6.26 Å². The number of nitrogens with one attached hydrogen (secondary N) is 2. The molecule has 0 aliphatic rings. The maximum Gasteiger partial charge on any atom is 0.256 e. The van der Waals surface area contributed by atoms with E-state index in [9.17, 15) is 9.18 Å². The Balaban J connectivity index is 1.87. The van der Waals surface area contributed by atoms with Crippen molar-refractivity contribution in [2.75, 3.05) is 11.6 Å². The van der Waals surface area contributed by atoms with Gasteiger partial charge in [-0.25, -0.2) is 14.4 Å². The Morgan fingerprint density at radius 1 is 1.18 bits per heavy atom. The Hall–Kier alpha value is -2.97. The minimum absolute atomic E-state index is 0.124. The number of nitrogens with zero attached hydrogens (tertiary/aromatic N) is 3. The fourth-order valence-electron chi connectivity index (χ4n) is 2.80. The van der Waals surface area contributed by atoms with Gasteiger partial charge in [-0.15, -0.1) is 11.8 Å². The molecule has 28 heavy (non-hydrogen) atoms. The van der Waals surface area contributed by atoms with Crippen LogP contribution in [0.3, 0.4) is 0 Å². The summed E-state index contributed by atoms with van der Waals surface area (Å²) in [5.74, 6) is -0.00703. The van der Waals surface area contributed by atoms with Crippen LogP contribution in [0, 0.1) is 5.82 Å². The number of aromatic amines is 1. The highest BCUT2D eigenvalue weighted by Crippen LogP contribution is 2.31. The third-order valence-electron chi connectivity index (χ3n) is 4.12. The molecule has 0 unspecified atom stereocenters. The highest BCUT2D eigenvalue weighted by atomic mass is 35.5. The largest absolute Gasteiger partial charge is 0.337 e. The van der Waals surface area contributed by atoms with Crippen LogP contribution in [0.15, 0.2) is 58.9 Å². The molecule has 6 nitrogen and oxygen atoms in total. The lowest BCUT2D eigenvalue weighted by molar-refractivity contribution is 0.631. The van der Waals surface area contributed by atoms with E-state index in [2.05, 4.69) is 25.3 Å². The number of halogens is 2. The predicted octanol–water partition coefficient (Wildman–Crippen LogP) is 4.64. The van der Waals surface area contributed by atoms with E-state index in [1.54, 1.807) is 24.5 Å². The summed E-state index contributed by atoms with van der Waals surface area (Å²) in [6.07, 6.45) is 6.56. The molecule has 0 radical (unpaired) electrons. The van der Waals surface area contributed by atoms with Gasteiger partial charge in [0.15, 0.2) is 0 Å². The molecule has 0 fully saturated rings. The third-order valence-corrected chi connectivity index (χ3v) is 5.08. The molecule has 1 aromatic carbocycles. The van der Waals surface area contributed by atoms with Gasteiger partial charge in [0.1, 0.15) is 18.0 Å². The van der Waals surface area contributed by atoms with Gasteiger partial charge in [0, 0.05) is 23.0 Å². The lowest BCUT2D eigenvalue weighted by Crippen LogP contribution is -2.12. The van der Waals surface area contributed by atoms with Gasteiger partial charge in [-0.2, -0.15) is 0 Å². The van der Waals surface area contributed by atoms with E-state index in [-0.39, 0.29) is 11.1 Å². The molecule has 4 rings (SSSR count). The molecule has 9 heteroatoms. The number of fused-ring (bicyclic) bond motifs is 1. The number of thioether (sulfide) groups is 1. The van der Waals surface area contributed by atoms with Crippen LogP contribution in [0.5, 0.6) is 0 Å². The number of pyridine rings is 2. The number of H-pyrrole nitrogens is 1. The zero-order valence-electron chi connectivity index (χ0n) is 14.5. The molecule has 3 heterocycles. The molecular formula is C19H13ClFN5OS. The topological polar surface area (TPSA) is 83.6 Å². The molecule has 2 N–H and O–H groups in total. The number of aromatic nitrogens is 4. The fourth-order valence-corrected chi connectivity index (χ4v) is 3.50. The van der Waals surface area contributed by atoms with Crippen molar-refractivity contribution in [3.63, 3.8) is 0 Å². The summed E-state index contributed by atoms with van der Waals surface area (Å²) in [4.78, 5) is 27.9. The van der Waals surface area contributed by atoms with Crippen molar-refractivity contribution in [3.8, 4) is 11.1 Å². The van der Waals surface area contributed by atoms with Crippen molar-refractivity contribution in [1.82, 2.24) is 19.9 Å². The smallest absolute Gasteiger partial charge is 0.256 e. The zero-order chi connectivity index (χ0) is 19.7. The Labute approximate surface area is 168 Å². The highest BCUT2D eigenvalue weighted by Gasteiger charge is 2.15. The Morgan fingerprint density at radius 3 is 2.86 bits per heavy atom. The fraction of sp³-hybridized carbons (Fsp3) is 0.0526. The number of benzene rings is 1. The van der Waals surface area contributed by atoms with Crippen LogP contribution in [0.4, 0.5) is 15.9 Å². The maximum atomic E-state index is 14.3. The molecule has 0 saturated heterocycles. The standard InChI is InChI=1S/C19H13ClFN5OS/c1-28-19-16(25-17-13-8-22-5-4-15(13)23-9-24-17)7-12(18(27)26-19)11-6-10(20)2-3-14(11)21/h2-9H,1H3,(H,26,27)(H,23,24,25). The molecule has 0 saturated carbocycles. The monoisotopic (exact) mass is 413 g/mol. The zero-order valence-corrected chi connectivity index (χ0v) is 16.1. The normalized spacial score (nSPS) is 11.0. The predicted molar refractivity (Wildman–Crippen MR) is 110 cm³/mol. The van der Waals surface area contributed by atoms with Gasteiger partial charge in [0.2, 0.25) is 0 Å². The van der Waals surface area contributed by atoms with Gasteiger partial charge in [0.25, 0.3) is 5.56 Å². The summed E-state index contributed by atoms with van der Waals surface area (Å²) < 4.78 is 14.3. The molecule has 4 aromatic rings. The van der Waals surface area contributed by atoms with Crippen LogP contribution in [0.25, 0.3) is 22.0 Å². The van der Waals surface area contributed by atoms with Crippen molar-refractivity contribution in [3.05, 3.63) is 70.2 Å². The lowest BCUT2D eigenvalue weighted by atomic mass is 10.1. The van der Waals surface area contributed by atoms with Crippen LogP contribution in [0.2, 0.25) is 5.02 Å². The van der Waals surface area contributed by atoms with Crippen LogP contribution in [-0.2, 0) is 0 Å². The summed E-state index contributed by atoms with van der Waals surface area (Å²) in [5.41, 5.74) is 1.18. The first-order valence-corrected chi connectivity index (χ1v) is 9.75. The Kier molecular flexibility index (Phi) is 4.97. The molecular weight excluding hydrogens is 401 g/mol. The van der Waals surface area contributed by atoms with E-state index in [1.165, 1.54) is 36.3 Å². The quantitative estimate of drug-likeness (QED) is 0.474.